The number of sulfonamides is 1. The zero-order valence-corrected chi connectivity index (χ0v) is 13.8. The van der Waals surface area contributed by atoms with Crippen molar-refractivity contribution in [2.75, 3.05) is 18.5 Å². The van der Waals surface area contributed by atoms with Gasteiger partial charge in [-0.3, -0.25) is 4.79 Å². The second-order valence-corrected chi connectivity index (χ2v) is 7.69. The first-order valence-electron chi connectivity index (χ1n) is 7.14. The van der Waals surface area contributed by atoms with E-state index in [1.54, 1.807) is 30.1 Å². The van der Waals surface area contributed by atoms with Crippen LogP contribution in [0.1, 0.15) is 39.2 Å². The highest BCUT2D eigenvalue weighted by atomic mass is 32.2. The minimum Gasteiger partial charge on any atom is -0.314 e. The molecule has 21 heavy (non-hydrogen) atoms. The molecule has 0 bridgehead atoms. The van der Waals surface area contributed by atoms with Crippen molar-refractivity contribution in [1.29, 1.82) is 0 Å². The molecule has 1 aliphatic rings. The number of amides is 1. The predicted octanol–water partition coefficient (Wildman–Crippen LogP) is 2.02. The molecule has 116 valence electrons. The van der Waals surface area contributed by atoms with E-state index >= 15 is 0 Å². The molecule has 0 spiro atoms. The van der Waals surface area contributed by atoms with Crippen LogP contribution in [0.5, 0.6) is 0 Å². The van der Waals surface area contributed by atoms with Crippen LogP contribution in [-0.4, -0.2) is 27.9 Å². The molecule has 1 aliphatic heterocycles. The summed E-state index contributed by atoms with van der Waals surface area (Å²) in [5.41, 5.74) is 0.838. The summed E-state index contributed by atoms with van der Waals surface area (Å²) < 4.78 is 27.1. The van der Waals surface area contributed by atoms with Crippen LogP contribution >= 0.6 is 0 Å². The van der Waals surface area contributed by atoms with Gasteiger partial charge in [-0.15, -0.1) is 0 Å². The van der Waals surface area contributed by atoms with Crippen LogP contribution in [0.15, 0.2) is 23.1 Å². The van der Waals surface area contributed by atoms with Crippen molar-refractivity contribution < 1.29 is 13.2 Å². The van der Waals surface area contributed by atoms with E-state index in [0.717, 1.165) is 24.1 Å². The Kier molecular flexibility index (Phi) is 4.13. The number of benzene rings is 1. The first-order valence-corrected chi connectivity index (χ1v) is 8.62. The van der Waals surface area contributed by atoms with Crippen LogP contribution < -0.4 is 9.62 Å². The van der Waals surface area contributed by atoms with Crippen LogP contribution in [0.2, 0.25) is 0 Å². The lowest BCUT2D eigenvalue weighted by Crippen LogP contribution is -2.33. The Morgan fingerprint density at radius 1 is 1.29 bits per heavy atom. The average molecular weight is 310 g/mol. The molecule has 1 N–H and O–H groups in total. The van der Waals surface area contributed by atoms with Crippen molar-refractivity contribution >= 4 is 21.6 Å². The van der Waals surface area contributed by atoms with Gasteiger partial charge in [0.05, 0.1) is 10.3 Å². The maximum Gasteiger partial charge on any atom is 0.240 e. The normalized spacial score (nSPS) is 17.1. The second kappa shape index (κ2) is 5.42. The molecule has 1 aromatic carbocycles. The summed E-state index contributed by atoms with van der Waals surface area (Å²) in [4.78, 5) is 14.0. The Morgan fingerprint density at radius 3 is 2.57 bits per heavy atom. The molecule has 0 saturated heterocycles. The lowest BCUT2D eigenvalue weighted by Gasteiger charge is -2.16. The van der Waals surface area contributed by atoms with Gasteiger partial charge in [0.2, 0.25) is 15.9 Å². The van der Waals surface area contributed by atoms with Gasteiger partial charge in [-0.25, -0.2) is 13.1 Å². The first-order chi connectivity index (χ1) is 9.71. The largest absolute Gasteiger partial charge is 0.314 e. The zero-order valence-electron chi connectivity index (χ0n) is 12.9. The maximum absolute atomic E-state index is 12.3. The fraction of sp³-hybridized carbons (Fsp3) is 0.533. The Bertz CT molecular complexity index is 665. The van der Waals surface area contributed by atoms with Crippen LogP contribution in [0, 0.1) is 0 Å². The summed E-state index contributed by atoms with van der Waals surface area (Å²) >= 11 is 0. The molecule has 0 fully saturated rings. The van der Waals surface area contributed by atoms with Crippen molar-refractivity contribution in [3.05, 3.63) is 23.8 Å². The van der Waals surface area contributed by atoms with Crippen molar-refractivity contribution in [2.24, 2.45) is 0 Å². The Hall–Kier alpha value is -1.40. The molecule has 0 atom stereocenters. The molecule has 6 heteroatoms. The summed E-state index contributed by atoms with van der Waals surface area (Å²) in [5, 5.41) is 0. The topological polar surface area (TPSA) is 66.5 Å². The van der Waals surface area contributed by atoms with E-state index in [-0.39, 0.29) is 10.8 Å². The third kappa shape index (κ3) is 2.70. The summed E-state index contributed by atoms with van der Waals surface area (Å²) in [6, 6.07) is 4.87. The third-order valence-corrected chi connectivity index (χ3v) is 5.43. The fourth-order valence-corrected chi connectivity index (χ4v) is 3.69. The summed E-state index contributed by atoms with van der Waals surface area (Å²) in [6.45, 7) is 6.07. The van der Waals surface area contributed by atoms with Gasteiger partial charge in [-0.2, -0.15) is 0 Å². The number of likely N-dealkylation sites (N-methyl/N-ethyl adjacent to an activating group) is 1. The highest BCUT2D eigenvalue weighted by Gasteiger charge is 2.42. The number of carbonyl (C=O) groups excluding carboxylic acids is 1. The van der Waals surface area contributed by atoms with Gasteiger partial charge < -0.3 is 4.90 Å². The molecule has 1 amide bonds. The van der Waals surface area contributed by atoms with E-state index in [2.05, 4.69) is 4.72 Å². The van der Waals surface area contributed by atoms with Gasteiger partial charge in [0.15, 0.2) is 0 Å². The van der Waals surface area contributed by atoms with Gasteiger partial charge in [0.1, 0.15) is 0 Å². The number of hydrogen-bond acceptors (Lipinski definition) is 3. The fourth-order valence-electron chi connectivity index (χ4n) is 2.59. The predicted molar refractivity (Wildman–Crippen MR) is 83.0 cm³/mol. The second-order valence-electron chi connectivity index (χ2n) is 5.92. The third-order valence-electron chi connectivity index (χ3n) is 3.97. The maximum atomic E-state index is 12.3. The van der Waals surface area contributed by atoms with E-state index in [0.29, 0.717) is 6.54 Å². The Balaban J connectivity index is 2.39. The number of nitrogens with zero attached hydrogens (tertiary/aromatic N) is 1. The van der Waals surface area contributed by atoms with Crippen molar-refractivity contribution in [1.82, 2.24) is 4.72 Å². The average Bonchev–Trinajstić information content (AvgIpc) is 2.60. The number of nitrogens with one attached hydrogen (secondary N) is 1. The molecular weight excluding hydrogens is 288 g/mol. The number of anilines is 1. The minimum absolute atomic E-state index is 0.0222. The highest BCUT2D eigenvalue weighted by Crippen LogP contribution is 2.41. The molecule has 1 heterocycles. The molecule has 0 saturated carbocycles. The van der Waals surface area contributed by atoms with E-state index in [9.17, 15) is 13.2 Å². The molecule has 2 rings (SSSR count). The van der Waals surface area contributed by atoms with Gasteiger partial charge >= 0.3 is 0 Å². The smallest absolute Gasteiger partial charge is 0.240 e. The lowest BCUT2D eigenvalue weighted by molar-refractivity contribution is -0.121. The summed E-state index contributed by atoms with van der Waals surface area (Å²) in [5.74, 6) is -0.0222. The van der Waals surface area contributed by atoms with Crippen molar-refractivity contribution in [2.45, 2.75) is 43.9 Å². The van der Waals surface area contributed by atoms with Gasteiger partial charge in [-0.05, 0) is 44.0 Å². The van der Waals surface area contributed by atoms with Gasteiger partial charge in [0, 0.05) is 19.3 Å². The van der Waals surface area contributed by atoms with Crippen LogP contribution in [-0.2, 0) is 20.2 Å². The highest BCUT2D eigenvalue weighted by molar-refractivity contribution is 7.89. The molecule has 0 unspecified atom stereocenters. The Morgan fingerprint density at radius 2 is 1.95 bits per heavy atom. The molecular formula is C15H22N2O3S. The molecule has 0 radical (unpaired) electrons. The number of rotatable bonds is 5. The van der Waals surface area contributed by atoms with Crippen LogP contribution in [0.25, 0.3) is 0 Å². The molecule has 5 nitrogen and oxygen atoms in total. The lowest BCUT2D eigenvalue weighted by atomic mass is 9.86. The Labute approximate surface area is 126 Å². The number of fused-ring (bicyclic) bond motifs is 1. The van der Waals surface area contributed by atoms with E-state index in [1.165, 1.54) is 0 Å². The van der Waals surface area contributed by atoms with Gasteiger partial charge in [-0.1, -0.05) is 13.3 Å². The number of hydrogen-bond donors (Lipinski definition) is 1. The monoisotopic (exact) mass is 310 g/mol. The first kappa shape index (κ1) is 16.0. The number of carbonyl (C=O) groups is 1. The van der Waals surface area contributed by atoms with Crippen LogP contribution in [0.3, 0.4) is 0 Å². The summed E-state index contributed by atoms with van der Waals surface area (Å²) in [6.07, 6.45) is 1.73. The van der Waals surface area contributed by atoms with Gasteiger partial charge in [0.25, 0.3) is 0 Å². The molecule has 1 aromatic rings. The van der Waals surface area contributed by atoms with E-state index < -0.39 is 15.4 Å². The van der Waals surface area contributed by atoms with E-state index in [1.807, 2.05) is 20.8 Å². The molecule has 0 aliphatic carbocycles. The SMILES string of the molecule is CCCCNS(=O)(=O)c1ccc2c(c1)C(C)(C)C(=O)N2C. The van der Waals surface area contributed by atoms with Crippen molar-refractivity contribution in [3.8, 4) is 0 Å². The zero-order chi connectivity index (χ0) is 15.8. The quantitative estimate of drug-likeness (QED) is 0.846. The van der Waals surface area contributed by atoms with E-state index in [4.69, 9.17) is 0 Å². The van der Waals surface area contributed by atoms with Crippen LogP contribution in [0.4, 0.5) is 5.69 Å². The summed E-state index contributed by atoms with van der Waals surface area (Å²) in [7, 11) is -1.81. The van der Waals surface area contributed by atoms with Crippen molar-refractivity contribution in [3.63, 3.8) is 0 Å². The molecule has 0 aromatic heterocycles. The minimum atomic E-state index is -3.52. The standard InChI is InChI=1S/C15H22N2O3S/c1-5-6-9-16-21(19,20)11-7-8-13-12(10-11)15(2,3)14(18)17(13)4/h7-8,10,16H,5-6,9H2,1-4H3. The number of unbranched alkanes of at least 4 members (excludes halogenated alkanes) is 1.